The number of hydrogen-bond acceptors (Lipinski definition) is 3. The van der Waals surface area contributed by atoms with E-state index in [0.29, 0.717) is 18.2 Å². The van der Waals surface area contributed by atoms with Gasteiger partial charge in [-0.3, -0.25) is 14.4 Å². The number of amides is 1. The van der Waals surface area contributed by atoms with Crippen LogP contribution in [0, 0.1) is 18.7 Å². The maximum atomic E-state index is 13.2. The lowest BCUT2D eigenvalue weighted by molar-refractivity contribution is 0.0691. The molecule has 2 heterocycles. The Morgan fingerprint density at radius 2 is 1.96 bits per heavy atom. The van der Waals surface area contributed by atoms with E-state index in [1.807, 2.05) is 37.1 Å². The summed E-state index contributed by atoms with van der Waals surface area (Å²) in [6, 6.07) is 8.83. The molecule has 0 radical (unpaired) electrons. The fourth-order valence-corrected chi connectivity index (χ4v) is 3.87. The molecule has 1 aliphatic rings. The molecule has 1 saturated heterocycles. The largest absolute Gasteiger partial charge is 0.336 e. The fourth-order valence-electron chi connectivity index (χ4n) is 3.87. The van der Waals surface area contributed by atoms with Gasteiger partial charge in [0.05, 0.1) is 5.69 Å². The SMILES string of the molecule is Cc1cc(C(=O)N2CCCN(Cc3ccc(F)cc3)[C@H](C(C)C)C2)n(C)n1. The van der Waals surface area contributed by atoms with Crippen molar-refractivity contribution in [2.75, 3.05) is 19.6 Å². The minimum absolute atomic E-state index is 0.0485. The summed E-state index contributed by atoms with van der Waals surface area (Å²) in [7, 11) is 1.82. The molecule has 1 aromatic heterocycles. The molecule has 0 bridgehead atoms. The molecule has 1 aliphatic heterocycles. The van der Waals surface area contributed by atoms with E-state index in [4.69, 9.17) is 0 Å². The third-order valence-electron chi connectivity index (χ3n) is 5.33. The topological polar surface area (TPSA) is 41.4 Å². The van der Waals surface area contributed by atoms with Gasteiger partial charge in [-0.1, -0.05) is 26.0 Å². The van der Waals surface area contributed by atoms with Gasteiger partial charge in [0.1, 0.15) is 11.5 Å². The number of hydrogen-bond donors (Lipinski definition) is 0. The number of carbonyl (C=O) groups excluding carboxylic acids is 1. The van der Waals surface area contributed by atoms with Gasteiger partial charge in [0, 0.05) is 39.3 Å². The van der Waals surface area contributed by atoms with Crippen molar-refractivity contribution in [3.05, 3.63) is 53.1 Å². The van der Waals surface area contributed by atoms with Crippen LogP contribution in [-0.2, 0) is 13.6 Å². The normalized spacial score (nSPS) is 18.7. The number of aryl methyl sites for hydroxylation is 2. The van der Waals surface area contributed by atoms with E-state index in [1.54, 1.807) is 4.68 Å². The smallest absolute Gasteiger partial charge is 0.272 e. The van der Waals surface area contributed by atoms with Crippen molar-refractivity contribution in [2.24, 2.45) is 13.0 Å². The molecule has 5 nitrogen and oxygen atoms in total. The minimum Gasteiger partial charge on any atom is -0.336 e. The predicted molar refractivity (Wildman–Crippen MR) is 104 cm³/mol. The molecule has 1 aromatic carbocycles. The Morgan fingerprint density at radius 3 is 2.56 bits per heavy atom. The summed E-state index contributed by atoms with van der Waals surface area (Å²) in [5, 5.41) is 4.31. The van der Waals surface area contributed by atoms with E-state index in [-0.39, 0.29) is 17.8 Å². The van der Waals surface area contributed by atoms with E-state index in [0.717, 1.165) is 37.3 Å². The first-order valence-electron chi connectivity index (χ1n) is 9.63. The van der Waals surface area contributed by atoms with Crippen LogP contribution in [0.15, 0.2) is 30.3 Å². The van der Waals surface area contributed by atoms with E-state index in [1.165, 1.54) is 12.1 Å². The van der Waals surface area contributed by atoms with Crippen molar-refractivity contribution in [1.29, 1.82) is 0 Å². The van der Waals surface area contributed by atoms with Crippen LogP contribution in [0.4, 0.5) is 4.39 Å². The van der Waals surface area contributed by atoms with Gasteiger partial charge in [-0.05, 0) is 43.0 Å². The van der Waals surface area contributed by atoms with Gasteiger partial charge in [-0.15, -0.1) is 0 Å². The van der Waals surface area contributed by atoms with Crippen LogP contribution in [0.5, 0.6) is 0 Å². The summed E-state index contributed by atoms with van der Waals surface area (Å²) in [4.78, 5) is 17.5. The maximum Gasteiger partial charge on any atom is 0.272 e. The van der Waals surface area contributed by atoms with Crippen molar-refractivity contribution in [2.45, 2.75) is 39.8 Å². The number of rotatable bonds is 4. The molecule has 0 saturated carbocycles. The first-order chi connectivity index (χ1) is 12.8. The second-order valence-corrected chi connectivity index (χ2v) is 7.81. The molecule has 0 spiro atoms. The second kappa shape index (κ2) is 8.21. The minimum atomic E-state index is -0.210. The molecule has 146 valence electrons. The monoisotopic (exact) mass is 372 g/mol. The lowest BCUT2D eigenvalue weighted by atomic mass is 10.0. The van der Waals surface area contributed by atoms with Crippen molar-refractivity contribution < 1.29 is 9.18 Å². The number of carbonyl (C=O) groups is 1. The maximum absolute atomic E-state index is 13.2. The molecule has 2 aromatic rings. The lowest BCUT2D eigenvalue weighted by Crippen LogP contribution is -2.45. The number of aromatic nitrogens is 2. The van der Waals surface area contributed by atoms with Crippen LogP contribution in [0.3, 0.4) is 0 Å². The predicted octanol–water partition coefficient (Wildman–Crippen LogP) is 3.24. The van der Waals surface area contributed by atoms with Crippen molar-refractivity contribution in [1.82, 2.24) is 19.6 Å². The quantitative estimate of drug-likeness (QED) is 0.827. The van der Waals surface area contributed by atoms with Crippen molar-refractivity contribution >= 4 is 5.91 Å². The Bertz CT molecular complexity index is 784. The van der Waals surface area contributed by atoms with Crippen LogP contribution in [0.2, 0.25) is 0 Å². The number of benzene rings is 1. The van der Waals surface area contributed by atoms with Crippen LogP contribution in [0.25, 0.3) is 0 Å². The molecule has 0 N–H and O–H groups in total. The first-order valence-corrected chi connectivity index (χ1v) is 9.63. The Kier molecular flexibility index (Phi) is 5.95. The molecule has 6 heteroatoms. The second-order valence-electron chi connectivity index (χ2n) is 7.81. The van der Waals surface area contributed by atoms with E-state index in [9.17, 15) is 9.18 Å². The average Bonchev–Trinajstić information content (AvgIpc) is 2.83. The van der Waals surface area contributed by atoms with Gasteiger partial charge in [0.25, 0.3) is 5.91 Å². The zero-order valence-corrected chi connectivity index (χ0v) is 16.7. The van der Waals surface area contributed by atoms with Gasteiger partial charge in [-0.2, -0.15) is 5.10 Å². The molecule has 1 atom stereocenters. The van der Waals surface area contributed by atoms with Gasteiger partial charge >= 0.3 is 0 Å². The summed E-state index contributed by atoms with van der Waals surface area (Å²) in [6.45, 7) is 9.44. The summed E-state index contributed by atoms with van der Waals surface area (Å²) in [5.41, 5.74) is 2.60. The summed E-state index contributed by atoms with van der Waals surface area (Å²) >= 11 is 0. The Balaban J connectivity index is 1.77. The Morgan fingerprint density at radius 1 is 1.26 bits per heavy atom. The number of halogens is 1. The summed E-state index contributed by atoms with van der Waals surface area (Å²) < 4.78 is 14.9. The molecule has 1 fully saturated rings. The van der Waals surface area contributed by atoms with Crippen LogP contribution in [-0.4, -0.2) is 51.2 Å². The van der Waals surface area contributed by atoms with E-state index < -0.39 is 0 Å². The summed E-state index contributed by atoms with van der Waals surface area (Å²) in [6.07, 6.45) is 0.924. The van der Waals surface area contributed by atoms with Crippen molar-refractivity contribution in [3.63, 3.8) is 0 Å². The highest BCUT2D eigenvalue weighted by Gasteiger charge is 2.30. The van der Waals surface area contributed by atoms with Crippen LogP contribution in [0.1, 0.15) is 42.0 Å². The zero-order valence-electron chi connectivity index (χ0n) is 16.7. The number of nitrogens with zero attached hydrogens (tertiary/aromatic N) is 4. The summed E-state index contributed by atoms with van der Waals surface area (Å²) in [5.74, 6) is 0.248. The molecule has 0 unspecified atom stereocenters. The molecular formula is C21H29FN4O. The fraction of sp³-hybridized carbons (Fsp3) is 0.524. The van der Waals surface area contributed by atoms with Gasteiger partial charge in [0.2, 0.25) is 0 Å². The van der Waals surface area contributed by atoms with Crippen LogP contribution >= 0.6 is 0 Å². The van der Waals surface area contributed by atoms with Gasteiger partial charge < -0.3 is 4.90 Å². The van der Waals surface area contributed by atoms with E-state index >= 15 is 0 Å². The van der Waals surface area contributed by atoms with Gasteiger partial charge in [0.15, 0.2) is 0 Å². The zero-order chi connectivity index (χ0) is 19.6. The molecule has 0 aliphatic carbocycles. The van der Waals surface area contributed by atoms with Crippen molar-refractivity contribution in [3.8, 4) is 0 Å². The average molecular weight is 372 g/mol. The molecular weight excluding hydrogens is 343 g/mol. The standard InChI is InChI=1S/C21H29FN4O/c1-15(2)20-14-26(21(27)19-12-16(3)23-24(19)4)11-5-10-25(20)13-17-6-8-18(22)9-7-17/h6-9,12,15,20H,5,10-11,13-14H2,1-4H3/t20-/m0/s1. The highest BCUT2D eigenvalue weighted by Crippen LogP contribution is 2.21. The molecule has 3 rings (SSSR count). The Labute approximate surface area is 160 Å². The third-order valence-corrected chi connectivity index (χ3v) is 5.33. The van der Waals surface area contributed by atoms with Crippen LogP contribution < -0.4 is 0 Å². The lowest BCUT2D eigenvalue weighted by Gasteiger charge is -2.34. The third kappa shape index (κ3) is 4.56. The highest BCUT2D eigenvalue weighted by molar-refractivity contribution is 5.92. The Hall–Kier alpha value is -2.21. The highest BCUT2D eigenvalue weighted by atomic mass is 19.1. The molecule has 27 heavy (non-hydrogen) atoms. The van der Waals surface area contributed by atoms with E-state index in [2.05, 4.69) is 23.8 Å². The van der Waals surface area contributed by atoms with Gasteiger partial charge in [-0.25, -0.2) is 4.39 Å². The first kappa shape index (κ1) is 19.5. The molecule has 1 amide bonds.